The molecule has 0 aliphatic heterocycles. The molecule has 0 aliphatic carbocycles. The van der Waals surface area contributed by atoms with E-state index < -0.39 is 0 Å². The Morgan fingerprint density at radius 2 is 2.40 bits per heavy atom. The van der Waals surface area contributed by atoms with Crippen LogP contribution in [-0.4, -0.2) is 9.89 Å². The van der Waals surface area contributed by atoms with Gasteiger partial charge >= 0.3 is 0 Å². The second kappa shape index (κ2) is 2.49. The predicted molar refractivity (Wildman–Crippen MR) is 36.4 cm³/mol. The van der Waals surface area contributed by atoms with Gasteiger partial charge in [0.2, 0.25) is 0 Å². The van der Waals surface area contributed by atoms with Crippen molar-refractivity contribution in [2.24, 2.45) is 5.84 Å². The number of aromatic nitrogens is 2. The van der Waals surface area contributed by atoms with Gasteiger partial charge < -0.3 is 0 Å². The minimum atomic E-state index is 0.230. The third-order valence-electron chi connectivity index (χ3n) is 1.09. The summed E-state index contributed by atoms with van der Waals surface area (Å²) in [6.07, 6.45) is 0. The first-order chi connectivity index (χ1) is 4.74. The molecule has 0 saturated carbocycles. The van der Waals surface area contributed by atoms with Crippen molar-refractivity contribution < 1.29 is 0 Å². The zero-order valence-corrected chi connectivity index (χ0v) is 5.63. The highest BCUT2D eigenvalue weighted by Crippen LogP contribution is 1.81. The van der Waals surface area contributed by atoms with E-state index in [2.05, 4.69) is 10.6 Å². The Balaban J connectivity index is 3.22. The minimum absolute atomic E-state index is 0.230. The lowest BCUT2D eigenvalue weighted by molar-refractivity contribution is 0.663. The van der Waals surface area contributed by atoms with Crippen LogP contribution < -0.4 is 16.9 Å². The summed E-state index contributed by atoms with van der Waals surface area (Å²) in [4.78, 5) is 1.19. The second-order valence-corrected chi connectivity index (χ2v) is 1.90. The SMILES string of the molecule is Cc1ccc(=N)n(NN)n1. The van der Waals surface area contributed by atoms with Crippen molar-refractivity contribution in [1.82, 2.24) is 9.89 Å². The van der Waals surface area contributed by atoms with Gasteiger partial charge in [-0.2, -0.15) is 5.10 Å². The van der Waals surface area contributed by atoms with E-state index in [0.717, 1.165) is 5.69 Å². The summed E-state index contributed by atoms with van der Waals surface area (Å²) in [5, 5.41) is 11.1. The van der Waals surface area contributed by atoms with E-state index in [1.807, 2.05) is 6.92 Å². The van der Waals surface area contributed by atoms with Crippen LogP contribution in [0.3, 0.4) is 0 Å². The van der Waals surface area contributed by atoms with Gasteiger partial charge in [0.15, 0.2) is 5.49 Å². The topological polar surface area (TPSA) is 79.7 Å². The van der Waals surface area contributed by atoms with Crippen LogP contribution in [0.2, 0.25) is 0 Å². The van der Waals surface area contributed by atoms with Crippen molar-refractivity contribution in [3.8, 4) is 0 Å². The summed E-state index contributed by atoms with van der Waals surface area (Å²) < 4.78 is 0. The van der Waals surface area contributed by atoms with Crippen LogP contribution in [0.1, 0.15) is 5.69 Å². The van der Waals surface area contributed by atoms with E-state index in [0.29, 0.717) is 0 Å². The van der Waals surface area contributed by atoms with Crippen LogP contribution in [0.15, 0.2) is 12.1 Å². The Hall–Kier alpha value is -1.36. The number of hydrogen-bond donors (Lipinski definition) is 3. The first-order valence-corrected chi connectivity index (χ1v) is 2.82. The van der Waals surface area contributed by atoms with E-state index in [-0.39, 0.29) is 5.49 Å². The zero-order chi connectivity index (χ0) is 7.56. The Morgan fingerprint density at radius 1 is 1.70 bits per heavy atom. The average Bonchev–Trinajstić information content (AvgIpc) is 1.94. The highest BCUT2D eigenvalue weighted by Gasteiger charge is 1.88. The molecule has 0 radical (unpaired) electrons. The van der Waals surface area contributed by atoms with E-state index >= 15 is 0 Å². The Labute approximate surface area is 57.9 Å². The predicted octanol–water partition coefficient (Wildman–Crippen LogP) is -0.912. The fourth-order valence-electron chi connectivity index (χ4n) is 0.613. The van der Waals surface area contributed by atoms with Crippen LogP contribution in [0, 0.1) is 12.3 Å². The number of hydrazine groups is 1. The lowest BCUT2D eigenvalue weighted by atomic mass is 10.4. The molecule has 4 N–H and O–H groups in total. The Bertz CT molecular complexity index is 276. The third kappa shape index (κ3) is 1.14. The number of nitrogens with one attached hydrogen (secondary N) is 2. The molecule has 1 aromatic heterocycles. The maximum Gasteiger partial charge on any atom is 0.165 e. The van der Waals surface area contributed by atoms with Gasteiger partial charge in [-0.3, -0.25) is 5.41 Å². The molecular formula is C5H9N5. The normalized spacial score (nSPS) is 9.40. The van der Waals surface area contributed by atoms with Gasteiger partial charge in [0.1, 0.15) is 0 Å². The monoisotopic (exact) mass is 139 g/mol. The number of nitrogens with zero attached hydrogens (tertiary/aromatic N) is 2. The van der Waals surface area contributed by atoms with Crippen molar-refractivity contribution >= 4 is 0 Å². The van der Waals surface area contributed by atoms with Crippen LogP contribution >= 0.6 is 0 Å². The lowest BCUT2D eigenvalue weighted by Gasteiger charge is -2.02. The van der Waals surface area contributed by atoms with Gasteiger partial charge in [-0.15, -0.1) is 4.79 Å². The van der Waals surface area contributed by atoms with Gasteiger partial charge in [-0.05, 0) is 19.1 Å². The van der Waals surface area contributed by atoms with Crippen molar-refractivity contribution in [3.05, 3.63) is 23.3 Å². The molecule has 0 aromatic carbocycles. The Morgan fingerprint density at radius 3 is 2.90 bits per heavy atom. The van der Waals surface area contributed by atoms with Crippen LogP contribution in [0.4, 0.5) is 0 Å². The Kier molecular flexibility index (Phi) is 1.68. The smallest absolute Gasteiger partial charge is 0.165 e. The molecule has 0 atom stereocenters. The van der Waals surface area contributed by atoms with E-state index in [9.17, 15) is 0 Å². The van der Waals surface area contributed by atoms with E-state index in [1.165, 1.54) is 4.79 Å². The summed E-state index contributed by atoms with van der Waals surface area (Å²) >= 11 is 0. The molecule has 10 heavy (non-hydrogen) atoms. The molecule has 0 spiro atoms. The molecule has 0 aliphatic rings. The molecule has 0 saturated heterocycles. The number of rotatable bonds is 1. The molecule has 1 heterocycles. The molecule has 0 amide bonds. The first kappa shape index (κ1) is 6.76. The van der Waals surface area contributed by atoms with E-state index in [4.69, 9.17) is 11.3 Å². The minimum Gasteiger partial charge on any atom is -0.281 e. The fourth-order valence-corrected chi connectivity index (χ4v) is 0.613. The molecular weight excluding hydrogens is 130 g/mol. The second-order valence-electron chi connectivity index (χ2n) is 1.90. The number of nitrogens with two attached hydrogens (primary N) is 1. The van der Waals surface area contributed by atoms with Crippen molar-refractivity contribution in [2.75, 3.05) is 5.53 Å². The van der Waals surface area contributed by atoms with Gasteiger partial charge in [-0.25, -0.2) is 11.4 Å². The van der Waals surface area contributed by atoms with Crippen molar-refractivity contribution in [1.29, 1.82) is 5.41 Å². The molecule has 0 fully saturated rings. The lowest BCUT2D eigenvalue weighted by Crippen LogP contribution is -2.35. The van der Waals surface area contributed by atoms with Gasteiger partial charge in [-0.1, -0.05) is 0 Å². The highest BCUT2D eigenvalue weighted by molar-refractivity contribution is 4.96. The van der Waals surface area contributed by atoms with Crippen LogP contribution in [-0.2, 0) is 0 Å². The maximum absolute atomic E-state index is 7.23. The molecule has 5 heteroatoms. The van der Waals surface area contributed by atoms with Gasteiger partial charge in [0.05, 0.1) is 5.69 Å². The molecule has 5 nitrogen and oxygen atoms in total. The molecule has 0 bridgehead atoms. The highest BCUT2D eigenvalue weighted by atomic mass is 15.7. The zero-order valence-electron chi connectivity index (χ0n) is 5.63. The summed E-state index contributed by atoms with van der Waals surface area (Å²) in [7, 11) is 0. The summed E-state index contributed by atoms with van der Waals surface area (Å²) in [6.45, 7) is 1.83. The van der Waals surface area contributed by atoms with Crippen LogP contribution in [0.5, 0.6) is 0 Å². The summed E-state index contributed by atoms with van der Waals surface area (Å²) in [6, 6.07) is 3.36. The maximum atomic E-state index is 7.23. The third-order valence-corrected chi connectivity index (χ3v) is 1.09. The fraction of sp³-hybridized carbons (Fsp3) is 0.200. The quantitative estimate of drug-likeness (QED) is 0.348. The number of nitrogen functional groups attached to an aromatic ring is 1. The summed E-state index contributed by atoms with van der Waals surface area (Å²) in [5.41, 5.74) is 3.30. The van der Waals surface area contributed by atoms with Crippen molar-refractivity contribution in [3.63, 3.8) is 0 Å². The largest absolute Gasteiger partial charge is 0.281 e. The molecule has 0 unspecified atom stereocenters. The molecule has 1 rings (SSSR count). The summed E-state index contributed by atoms with van der Waals surface area (Å²) in [5.74, 6) is 5.05. The molecule has 54 valence electrons. The molecule has 1 aromatic rings. The standard InChI is InChI=1S/C5H9N5/c1-4-2-3-5(6)10(8-4)9-7/h2-3,6,9H,7H2,1H3. The van der Waals surface area contributed by atoms with Crippen molar-refractivity contribution in [2.45, 2.75) is 6.92 Å². The number of aryl methyl sites for hydroxylation is 1. The van der Waals surface area contributed by atoms with Gasteiger partial charge in [0.25, 0.3) is 0 Å². The average molecular weight is 139 g/mol. The number of hydrogen-bond acceptors (Lipinski definition) is 4. The van der Waals surface area contributed by atoms with Gasteiger partial charge in [0, 0.05) is 0 Å². The van der Waals surface area contributed by atoms with Crippen LogP contribution in [0.25, 0.3) is 0 Å². The van der Waals surface area contributed by atoms with E-state index in [1.54, 1.807) is 12.1 Å². The first-order valence-electron chi connectivity index (χ1n) is 2.82.